The number of thiazole rings is 1. The Hall–Kier alpha value is -2.67. The van der Waals surface area contributed by atoms with Gasteiger partial charge in [0, 0.05) is 25.3 Å². The summed E-state index contributed by atoms with van der Waals surface area (Å²) in [4.78, 5) is 28.4. The van der Waals surface area contributed by atoms with E-state index in [0.717, 1.165) is 28.0 Å². The zero-order valence-corrected chi connectivity index (χ0v) is 17.0. The maximum Gasteiger partial charge on any atom is 0.226 e. The Balaban J connectivity index is 1.52. The van der Waals surface area contributed by atoms with E-state index in [9.17, 15) is 9.59 Å². The molecule has 0 bridgehead atoms. The third-order valence-corrected chi connectivity index (χ3v) is 5.25. The zero-order chi connectivity index (χ0) is 19.9. The predicted octanol–water partition coefficient (Wildman–Crippen LogP) is 4.31. The second kappa shape index (κ2) is 9.50. The average molecular weight is 400 g/mol. The molecule has 0 spiro atoms. The van der Waals surface area contributed by atoms with Crippen molar-refractivity contribution in [3.05, 3.63) is 47.9 Å². The van der Waals surface area contributed by atoms with Crippen molar-refractivity contribution < 1.29 is 14.0 Å². The van der Waals surface area contributed by atoms with Crippen LogP contribution < -0.4 is 10.6 Å². The van der Waals surface area contributed by atoms with Gasteiger partial charge in [-0.25, -0.2) is 4.98 Å². The summed E-state index contributed by atoms with van der Waals surface area (Å²) in [6.07, 6.45) is 4.70. The number of carbonyl (C=O) groups excluding carboxylic acids is 2. The van der Waals surface area contributed by atoms with E-state index in [1.54, 1.807) is 6.26 Å². The molecule has 28 heavy (non-hydrogen) atoms. The molecule has 3 aromatic rings. The molecule has 1 aromatic carbocycles. The molecule has 7 heteroatoms. The third-order valence-electron chi connectivity index (χ3n) is 4.31. The van der Waals surface area contributed by atoms with Crippen molar-refractivity contribution in [3.8, 4) is 0 Å². The highest BCUT2D eigenvalue weighted by Gasteiger charge is 2.11. The minimum Gasteiger partial charge on any atom is -0.469 e. The first-order valence-corrected chi connectivity index (χ1v) is 10.4. The first kappa shape index (κ1) is 20.1. The number of amides is 2. The molecule has 2 amide bonds. The van der Waals surface area contributed by atoms with Gasteiger partial charge in [0.2, 0.25) is 11.8 Å². The summed E-state index contributed by atoms with van der Waals surface area (Å²) >= 11 is 1.46. The second-order valence-electron chi connectivity index (χ2n) is 6.87. The lowest BCUT2D eigenvalue weighted by atomic mass is 10.1. The van der Waals surface area contributed by atoms with Crippen LogP contribution in [0.15, 0.2) is 41.0 Å². The van der Waals surface area contributed by atoms with E-state index in [1.807, 2.05) is 44.2 Å². The zero-order valence-electron chi connectivity index (χ0n) is 16.2. The summed E-state index contributed by atoms with van der Waals surface area (Å²) in [6.45, 7) is 3.94. The van der Waals surface area contributed by atoms with E-state index in [-0.39, 0.29) is 17.9 Å². The molecule has 0 saturated heterocycles. The maximum absolute atomic E-state index is 12.2. The number of carbonyl (C=O) groups is 2. The SMILES string of the molecule is CCCC(=O)Nc1nc2ccc(CCC(=O)NC(C)Cc3ccco3)cc2s1. The highest BCUT2D eigenvalue weighted by molar-refractivity contribution is 7.22. The molecule has 0 fully saturated rings. The molecule has 0 aliphatic heterocycles. The molecule has 2 N–H and O–H groups in total. The molecule has 0 aliphatic rings. The van der Waals surface area contributed by atoms with Gasteiger partial charge in [0.15, 0.2) is 5.13 Å². The minimum absolute atomic E-state index is 0.0119. The standard InChI is InChI=1S/C21H25N3O3S/c1-3-5-19(25)24-21-23-17-9-7-15(13-18(17)28-21)8-10-20(26)22-14(2)12-16-6-4-11-27-16/h4,6-7,9,11,13-14H,3,5,8,10,12H2,1-2H3,(H,22,26)(H,23,24,25). The van der Waals surface area contributed by atoms with Crippen LogP contribution in [0, 0.1) is 0 Å². The number of anilines is 1. The van der Waals surface area contributed by atoms with E-state index in [4.69, 9.17) is 4.42 Å². The number of aryl methyl sites for hydroxylation is 1. The number of hydrogen-bond acceptors (Lipinski definition) is 5. The number of furan rings is 1. The van der Waals surface area contributed by atoms with Crippen molar-refractivity contribution in [1.82, 2.24) is 10.3 Å². The van der Waals surface area contributed by atoms with Crippen molar-refractivity contribution in [2.45, 2.75) is 52.0 Å². The van der Waals surface area contributed by atoms with Crippen LogP contribution in [0.3, 0.4) is 0 Å². The summed E-state index contributed by atoms with van der Waals surface area (Å²) in [5, 5.41) is 6.47. The molecule has 0 aliphatic carbocycles. The fourth-order valence-electron chi connectivity index (χ4n) is 2.97. The number of nitrogens with zero attached hydrogens (tertiary/aromatic N) is 1. The normalized spacial score (nSPS) is 12.1. The largest absolute Gasteiger partial charge is 0.469 e. The minimum atomic E-state index is -0.0119. The molecule has 1 unspecified atom stereocenters. The van der Waals surface area contributed by atoms with Crippen LogP contribution in [0.1, 0.15) is 44.4 Å². The highest BCUT2D eigenvalue weighted by Crippen LogP contribution is 2.27. The van der Waals surface area contributed by atoms with Gasteiger partial charge in [-0.05, 0) is 49.6 Å². The Kier molecular flexibility index (Phi) is 6.81. The number of rotatable bonds is 9. The number of hydrogen-bond donors (Lipinski definition) is 2. The molecule has 0 saturated carbocycles. The van der Waals surface area contributed by atoms with Gasteiger partial charge < -0.3 is 15.1 Å². The average Bonchev–Trinajstić information content (AvgIpc) is 3.28. The van der Waals surface area contributed by atoms with Crippen LogP contribution >= 0.6 is 11.3 Å². The van der Waals surface area contributed by atoms with Crippen LogP contribution in [-0.2, 0) is 22.4 Å². The van der Waals surface area contributed by atoms with Gasteiger partial charge in [-0.3, -0.25) is 9.59 Å². The van der Waals surface area contributed by atoms with Crippen LogP contribution in [0.4, 0.5) is 5.13 Å². The topological polar surface area (TPSA) is 84.2 Å². The fraction of sp³-hybridized carbons (Fsp3) is 0.381. The van der Waals surface area contributed by atoms with Gasteiger partial charge in [0.25, 0.3) is 0 Å². The van der Waals surface area contributed by atoms with Crippen LogP contribution in [-0.4, -0.2) is 22.8 Å². The maximum atomic E-state index is 12.2. The van der Waals surface area contributed by atoms with E-state index in [0.29, 0.717) is 30.8 Å². The predicted molar refractivity (Wildman–Crippen MR) is 111 cm³/mol. The second-order valence-corrected chi connectivity index (χ2v) is 7.90. The molecular formula is C21H25N3O3S. The van der Waals surface area contributed by atoms with Crippen molar-refractivity contribution >= 4 is 38.5 Å². The lowest BCUT2D eigenvalue weighted by Gasteiger charge is -2.12. The van der Waals surface area contributed by atoms with E-state index in [2.05, 4.69) is 15.6 Å². The summed E-state index contributed by atoms with van der Waals surface area (Å²) in [7, 11) is 0. The Morgan fingerprint density at radius 3 is 2.82 bits per heavy atom. The third kappa shape index (κ3) is 5.66. The smallest absolute Gasteiger partial charge is 0.226 e. The van der Waals surface area contributed by atoms with Crippen LogP contribution in [0.5, 0.6) is 0 Å². The summed E-state index contributed by atoms with van der Waals surface area (Å²) in [6, 6.07) is 9.75. The van der Waals surface area contributed by atoms with E-state index >= 15 is 0 Å². The van der Waals surface area contributed by atoms with Gasteiger partial charge in [0.05, 0.1) is 16.5 Å². The Bertz CT molecular complexity index is 934. The molecule has 2 heterocycles. The quantitative estimate of drug-likeness (QED) is 0.562. The number of benzene rings is 1. The lowest BCUT2D eigenvalue weighted by Crippen LogP contribution is -2.34. The molecule has 0 radical (unpaired) electrons. The van der Waals surface area contributed by atoms with Crippen molar-refractivity contribution in [1.29, 1.82) is 0 Å². The van der Waals surface area contributed by atoms with Crippen molar-refractivity contribution in [2.75, 3.05) is 5.32 Å². The van der Waals surface area contributed by atoms with Gasteiger partial charge in [-0.2, -0.15) is 0 Å². The number of nitrogens with one attached hydrogen (secondary N) is 2. The van der Waals surface area contributed by atoms with Gasteiger partial charge in [-0.1, -0.05) is 24.3 Å². The number of aromatic nitrogens is 1. The van der Waals surface area contributed by atoms with Gasteiger partial charge in [-0.15, -0.1) is 0 Å². The number of fused-ring (bicyclic) bond motifs is 1. The molecular weight excluding hydrogens is 374 g/mol. The van der Waals surface area contributed by atoms with Crippen molar-refractivity contribution in [2.24, 2.45) is 0 Å². The monoisotopic (exact) mass is 399 g/mol. The van der Waals surface area contributed by atoms with Gasteiger partial charge >= 0.3 is 0 Å². The van der Waals surface area contributed by atoms with Crippen LogP contribution in [0.25, 0.3) is 10.2 Å². The highest BCUT2D eigenvalue weighted by atomic mass is 32.1. The summed E-state index contributed by atoms with van der Waals surface area (Å²) < 4.78 is 6.32. The Morgan fingerprint density at radius 1 is 1.21 bits per heavy atom. The Labute approximate surface area is 168 Å². The molecule has 6 nitrogen and oxygen atoms in total. The summed E-state index contributed by atoms with van der Waals surface area (Å²) in [5.74, 6) is 0.878. The van der Waals surface area contributed by atoms with Crippen LogP contribution in [0.2, 0.25) is 0 Å². The first-order chi connectivity index (χ1) is 13.5. The van der Waals surface area contributed by atoms with E-state index in [1.165, 1.54) is 11.3 Å². The molecule has 1 atom stereocenters. The molecule has 2 aromatic heterocycles. The lowest BCUT2D eigenvalue weighted by molar-refractivity contribution is -0.121. The van der Waals surface area contributed by atoms with Gasteiger partial charge in [0.1, 0.15) is 5.76 Å². The first-order valence-electron chi connectivity index (χ1n) is 9.54. The Morgan fingerprint density at radius 2 is 2.07 bits per heavy atom. The van der Waals surface area contributed by atoms with E-state index < -0.39 is 0 Å². The van der Waals surface area contributed by atoms with Crippen molar-refractivity contribution in [3.63, 3.8) is 0 Å². The molecule has 3 rings (SSSR count). The summed E-state index contributed by atoms with van der Waals surface area (Å²) in [5.41, 5.74) is 1.94. The fourth-order valence-corrected chi connectivity index (χ4v) is 3.92. The molecule has 148 valence electrons.